The number of amides is 1. The Morgan fingerprint density at radius 2 is 2.03 bits per heavy atom. The summed E-state index contributed by atoms with van der Waals surface area (Å²) in [6.07, 6.45) is 4.91. The van der Waals surface area contributed by atoms with Crippen molar-refractivity contribution in [3.05, 3.63) is 52.9 Å². The first kappa shape index (κ1) is 26.8. The molecule has 14 heteroatoms. The number of piperidine rings is 1. The summed E-state index contributed by atoms with van der Waals surface area (Å²) < 4.78 is 61.6. The van der Waals surface area contributed by atoms with Gasteiger partial charge < -0.3 is 4.74 Å². The van der Waals surface area contributed by atoms with Gasteiger partial charge in [-0.2, -0.15) is 0 Å². The van der Waals surface area contributed by atoms with Crippen LogP contribution in [-0.2, 0) is 21.5 Å². The van der Waals surface area contributed by atoms with Crippen LogP contribution in [0.1, 0.15) is 30.0 Å². The molecule has 1 aliphatic heterocycles. The highest BCUT2D eigenvalue weighted by atomic mass is 35.5. The normalized spacial score (nSPS) is 15.8. The van der Waals surface area contributed by atoms with Crippen LogP contribution in [0.15, 0.2) is 36.8 Å². The number of ether oxygens (including phenoxy) is 1. The largest absolute Gasteiger partial charge is 0.473 e. The molecule has 1 amide bonds. The molecule has 0 aliphatic carbocycles. The number of carbonyl (C=O) groups excluding carboxylic acids is 1. The molecule has 0 bridgehead atoms. The van der Waals surface area contributed by atoms with E-state index in [1.54, 1.807) is 12.1 Å². The molecule has 33 heavy (non-hydrogen) atoms. The Morgan fingerprint density at radius 3 is 2.58 bits per heavy atom. The number of sulfonamides is 1. The molecule has 1 atom stereocenters. The molecular formula is C19H22ClF3N4O5S. The van der Waals surface area contributed by atoms with Gasteiger partial charge in [0, 0.05) is 46.4 Å². The number of rotatable bonds is 9. The van der Waals surface area contributed by atoms with Gasteiger partial charge in [0.15, 0.2) is 0 Å². The molecule has 1 fully saturated rings. The maximum absolute atomic E-state index is 12.9. The Morgan fingerprint density at radius 1 is 1.33 bits per heavy atom. The van der Waals surface area contributed by atoms with E-state index in [-0.39, 0.29) is 36.5 Å². The van der Waals surface area contributed by atoms with E-state index >= 15 is 0 Å². The second kappa shape index (κ2) is 12.7. The van der Waals surface area contributed by atoms with Gasteiger partial charge in [-0.15, -0.1) is 0 Å². The molecule has 1 unspecified atom stereocenters. The summed E-state index contributed by atoms with van der Waals surface area (Å²) >= 11 is 6.07. The van der Waals surface area contributed by atoms with Crippen LogP contribution in [0.25, 0.3) is 0 Å². The molecule has 0 aromatic carbocycles. The SMILES string of the molecule is FF.O=CN(O)C(CS(=O)(=O)N1CCC(Oc2ncc(CF)cc2Cl)CC1)c1cccnc1. The summed E-state index contributed by atoms with van der Waals surface area (Å²) in [6.45, 7) is -0.294. The molecule has 3 heterocycles. The molecule has 3 rings (SSSR count). The molecule has 0 radical (unpaired) electrons. The number of hydrogen-bond acceptors (Lipinski definition) is 7. The Balaban J connectivity index is 0.00000187. The van der Waals surface area contributed by atoms with Gasteiger partial charge in [-0.1, -0.05) is 17.7 Å². The number of hydroxylamine groups is 2. The Bertz CT molecular complexity index is 998. The van der Waals surface area contributed by atoms with Crippen molar-refractivity contribution < 1.29 is 36.7 Å². The fourth-order valence-electron chi connectivity index (χ4n) is 3.29. The van der Waals surface area contributed by atoms with Crippen molar-refractivity contribution in [1.82, 2.24) is 19.3 Å². The van der Waals surface area contributed by atoms with E-state index in [1.807, 2.05) is 0 Å². The van der Waals surface area contributed by atoms with E-state index < -0.39 is 28.5 Å². The number of hydrogen-bond donors (Lipinski definition) is 1. The predicted molar refractivity (Wildman–Crippen MR) is 112 cm³/mol. The summed E-state index contributed by atoms with van der Waals surface area (Å²) in [5.74, 6) is -0.309. The van der Waals surface area contributed by atoms with E-state index in [2.05, 4.69) is 9.97 Å². The average molecular weight is 511 g/mol. The fourth-order valence-corrected chi connectivity index (χ4v) is 5.24. The van der Waals surface area contributed by atoms with E-state index in [9.17, 15) is 22.8 Å². The second-order valence-electron chi connectivity index (χ2n) is 7.05. The maximum Gasteiger partial charge on any atom is 0.233 e. The summed E-state index contributed by atoms with van der Waals surface area (Å²) in [4.78, 5) is 19.0. The van der Waals surface area contributed by atoms with Crippen molar-refractivity contribution in [3.8, 4) is 5.88 Å². The molecular weight excluding hydrogens is 489 g/mol. The fraction of sp³-hybridized carbons (Fsp3) is 0.421. The zero-order valence-corrected chi connectivity index (χ0v) is 18.8. The second-order valence-corrected chi connectivity index (χ2v) is 9.47. The van der Waals surface area contributed by atoms with Gasteiger partial charge in [0.1, 0.15) is 23.8 Å². The van der Waals surface area contributed by atoms with E-state index in [4.69, 9.17) is 25.5 Å². The lowest BCUT2D eigenvalue weighted by molar-refractivity contribution is -0.159. The van der Waals surface area contributed by atoms with Gasteiger partial charge in [-0.25, -0.2) is 27.2 Å². The molecule has 1 saturated heterocycles. The van der Waals surface area contributed by atoms with E-state index in [1.165, 1.54) is 29.0 Å². The topological polar surface area (TPSA) is 113 Å². The molecule has 0 saturated carbocycles. The number of nitrogens with zero attached hydrogens (tertiary/aromatic N) is 4. The number of carbonyl (C=O) groups is 1. The van der Waals surface area contributed by atoms with Crippen molar-refractivity contribution in [2.75, 3.05) is 18.8 Å². The van der Waals surface area contributed by atoms with Gasteiger partial charge in [0.2, 0.25) is 22.3 Å². The Hall–Kier alpha value is -2.48. The minimum Gasteiger partial charge on any atom is -0.473 e. The molecule has 2 aromatic rings. The summed E-state index contributed by atoms with van der Waals surface area (Å²) in [6, 6.07) is 3.54. The molecule has 2 aromatic heterocycles. The van der Waals surface area contributed by atoms with Crippen LogP contribution in [0.2, 0.25) is 5.02 Å². The quantitative estimate of drug-likeness (QED) is 0.313. The standard InChI is InChI=1S/C19H22ClFN4O5S.F2/c20-17-8-14(9-21)10-23-19(17)30-16-3-6-24(7-4-16)31(28,29)12-18(25(27)13-26)15-2-1-5-22-11-15;1-2/h1-2,5,8,10-11,13,16,18,27H,3-4,6-7,9,12H2;. The highest BCUT2D eigenvalue weighted by molar-refractivity contribution is 7.89. The summed E-state index contributed by atoms with van der Waals surface area (Å²) in [5, 5.41) is 10.4. The maximum atomic E-state index is 12.9. The third-order valence-corrected chi connectivity index (χ3v) is 7.12. The predicted octanol–water partition coefficient (Wildman–Crippen LogP) is 3.20. The van der Waals surface area contributed by atoms with Crippen molar-refractivity contribution in [3.63, 3.8) is 0 Å². The number of aromatic nitrogens is 2. The zero-order chi connectivity index (χ0) is 24.4. The molecule has 1 aliphatic rings. The van der Waals surface area contributed by atoms with Crippen molar-refractivity contribution in [2.45, 2.75) is 31.7 Å². The summed E-state index contributed by atoms with van der Waals surface area (Å²) in [7, 11) is -3.79. The van der Waals surface area contributed by atoms with Crippen molar-refractivity contribution in [2.24, 2.45) is 0 Å². The van der Waals surface area contributed by atoms with Crippen LogP contribution in [0.3, 0.4) is 0 Å². The zero-order valence-electron chi connectivity index (χ0n) is 17.2. The highest BCUT2D eigenvalue weighted by Gasteiger charge is 2.33. The van der Waals surface area contributed by atoms with Crippen molar-refractivity contribution >= 4 is 28.0 Å². The van der Waals surface area contributed by atoms with Crippen LogP contribution in [0, 0.1) is 0 Å². The Labute approximate surface area is 193 Å². The van der Waals surface area contributed by atoms with Gasteiger partial charge >= 0.3 is 0 Å². The lowest BCUT2D eigenvalue weighted by Crippen LogP contribution is -2.44. The lowest BCUT2D eigenvalue weighted by atomic mass is 10.1. The number of pyridine rings is 2. The smallest absolute Gasteiger partial charge is 0.233 e. The Kier molecular flexibility index (Phi) is 10.3. The van der Waals surface area contributed by atoms with Gasteiger partial charge in [0.05, 0.1) is 5.75 Å². The third-order valence-electron chi connectivity index (χ3n) is 4.96. The third kappa shape index (κ3) is 7.25. The van der Waals surface area contributed by atoms with Crippen LogP contribution >= 0.6 is 11.6 Å². The number of halogens is 4. The summed E-state index contributed by atoms with van der Waals surface area (Å²) in [5.41, 5.74) is 0.742. The monoisotopic (exact) mass is 510 g/mol. The van der Waals surface area contributed by atoms with Gasteiger partial charge in [-0.3, -0.25) is 15.0 Å². The average Bonchev–Trinajstić information content (AvgIpc) is 2.85. The first-order valence-corrected chi connectivity index (χ1v) is 11.6. The van der Waals surface area contributed by atoms with Crippen LogP contribution in [0.5, 0.6) is 5.88 Å². The lowest BCUT2D eigenvalue weighted by Gasteiger charge is -2.33. The van der Waals surface area contributed by atoms with Crippen LogP contribution < -0.4 is 4.74 Å². The van der Waals surface area contributed by atoms with E-state index in [0.29, 0.717) is 29.0 Å². The highest BCUT2D eigenvalue weighted by Crippen LogP contribution is 2.28. The number of alkyl halides is 1. The van der Waals surface area contributed by atoms with Crippen LogP contribution in [0.4, 0.5) is 13.5 Å². The minimum atomic E-state index is -3.79. The molecule has 9 nitrogen and oxygen atoms in total. The van der Waals surface area contributed by atoms with Gasteiger partial charge in [-0.05, 0) is 30.5 Å². The molecule has 182 valence electrons. The molecule has 1 N–H and O–H groups in total. The first-order chi connectivity index (χ1) is 15.8. The van der Waals surface area contributed by atoms with E-state index in [0.717, 1.165) is 0 Å². The minimum absolute atomic E-state index is 0.165. The van der Waals surface area contributed by atoms with Crippen molar-refractivity contribution in [1.29, 1.82) is 0 Å². The van der Waals surface area contributed by atoms with Gasteiger partial charge in [0.25, 0.3) is 0 Å². The van der Waals surface area contributed by atoms with Crippen LogP contribution in [-0.4, -0.2) is 64.3 Å². The first-order valence-electron chi connectivity index (χ1n) is 9.65. The molecule has 0 spiro atoms.